The zero-order valence-electron chi connectivity index (χ0n) is 7.94. The van der Waals surface area contributed by atoms with E-state index in [0.29, 0.717) is 12.0 Å². The molecule has 4 heteroatoms. The van der Waals surface area contributed by atoms with Gasteiger partial charge in [0.1, 0.15) is 11.8 Å². The fourth-order valence-electron chi connectivity index (χ4n) is 1.32. The summed E-state index contributed by atoms with van der Waals surface area (Å²) < 4.78 is 0.857. The van der Waals surface area contributed by atoms with Crippen molar-refractivity contribution in [2.24, 2.45) is 0 Å². The van der Waals surface area contributed by atoms with Crippen LogP contribution in [0.4, 0.5) is 0 Å². The van der Waals surface area contributed by atoms with Crippen LogP contribution in [0.2, 0.25) is 0 Å². The number of hydrogen-bond donors (Lipinski definition) is 1. The van der Waals surface area contributed by atoms with E-state index in [2.05, 4.69) is 21.2 Å². The van der Waals surface area contributed by atoms with Crippen molar-refractivity contribution in [2.45, 2.75) is 20.3 Å². The van der Waals surface area contributed by atoms with Gasteiger partial charge in [-0.05, 0) is 34.8 Å². The van der Waals surface area contributed by atoms with Crippen molar-refractivity contribution in [3.8, 4) is 6.07 Å². The van der Waals surface area contributed by atoms with Gasteiger partial charge in [0, 0.05) is 10.2 Å². The van der Waals surface area contributed by atoms with Crippen LogP contribution in [0.15, 0.2) is 27.0 Å². The van der Waals surface area contributed by atoms with E-state index < -0.39 is 0 Å². The SMILES string of the molecule is CCC1=C(C#N)C(=C=O)NC(C)=C1Br. The first-order chi connectivity index (χ1) is 6.65. The lowest BCUT2D eigenvalue weighted by atomic mass is 10.00. The summed E-state index contributed by atoms with van der Waals surface area (Å²) >= 11 is 3.38. The van der Waals surface area contributed by atoms with Crippen molar-refractivity contribution in [3.63, 3.8) is 0 Å². The summed E-state index contributed by atoms with van der Waals surface area (Å²) in [7, 11) is 0. The zero-order chi connectivity index (χ0) is 10.7. The Morgan fingerprint density at radius 1 is 1.57 bits per heavy atom. The Morgan fingerprint density at radius 3 is 2.64 bits per heavy atom. The number of dihydropyridines is 1. The van der Waals surface area contributed by atoms with Gasteiger partial charge in [0.25, 0.3) is 0 Å². The van der Waals surface area contributed by atoms with E-state index in [1.54, 1.807) is 5.94 Å². The molecule has 0 saturated heterocycles. The minimum atomic E-state index is 0.227. The molecule has 0 atom stereocenters. The van der Waals surface area contributed by atoms with E-state index >= 15 is 0 Å². The highest BCUT2D eigenvalue weighted by atomic mass is 79.9. The van der Waals surface area contributed by atoms with E-state index in [4.69, 9.17) is 5.26 Å². The van der Waals surface area contributed by atoms with Gasteiger partial charge in [-0.15, -0.1) is 0 Å². The van der Waals surface area contributed by atoms with Gasteiger partial charge in [0.2, 0.25) is 0 Å². The third-order valence-electron chi connectivity index (χ3n) is 2.03. The lowest BCUT2D eigenvalue weighted by Crippen LogP contribution is -2.20. The van der Waals surface area contributed by atoms with Crippen molar-refractivity contribution in [1.82, 2.24) is 5.32 Å². The van der Waals surface area contributed by atoms with Gasteiger partial charge in [0.05, 0.1) is 5.57 Å². The second-order valence-corrected chi connectivity index (χ2v) is 3.65. The Hall–Kier alpha value is -1.30. The van der Waals surface area contributed by atoms with Crippen molar-refractivity contribution < 1.29 is 4.79 Å². The molecule has 1 aliphatic rings. The smallest absolute Gasteiger partial charge is 0.152 e. The lowest BCUT2D eigenvalue weighted by molar-refractivity contribution is 0.566. The molecule has 0 amide bonds. The van der Waals surface area contributed by atoms with E-state index in [1.807, 2.05) is 19.9 Å². The largest absolute Gasteiger partial charge is 0.348 e. The maximum Gasteiger partial charge on any atom is 0.152 e. The van der Waals surface area contributed by atoms with Crippen LogP contribution in [0.5, 0.6) is 0 Å². The minimum absolute atomic E-state index is 0.227. The van der Waals surface area contributed by atoms with Crippen molar-refractivity contribution in [3.05, 3.63) is 27.0 Å². The molecule has 0 aromatic rings. The second-order valence-electron chi connectivity index (χ2n) is 2.86. The summed E-state index contributed by atoms with van der Waals surface area (Å²) in [6.07, 6.45) is 0.702. The fraction of sp³-hybridized carbons (Fsp3) is 0.300. The lowest BCUT2D eigenvalue weighted by Gasteiger charge is -2.19. The molecule has 14 heavy (non-hydrogen) atoms. The predicted molar refractivity (Wildman–Crippen MR) is 56.9 cm³/mol. The first-order valence-electron chi connectivity index (χ1n) is 4.18. The molecular weight excluding hydrogens is 244 g/mol. The second kappa shape index (κ2) is 4.28. The molecule has 3 nitrogen and oxygen atoms in total. The number of rotatable bonds is 1. The van der Waals surface area contributed by atoms with Crippen molar-refractivity contribution in [1.29, 1.82) is 5.26 Å². The van der Waals surface area contributed by atoms with Crippen LogP contribution in [0, 0.1) is 11.3 Å². The molecule has 0 radical (unpaired) electrons. The number of carbonyl (C=O) groups excluding carboxylic acids is 1. The van der Waals surface area contributed by atoms with Crippen LogP contribution < -0.4 is 5.32 Å². The maximum atomic E-state index is 10.6. The molecule has 0 aliphatic carbocycles. The van der Waals surface area contributed by atoms with Crippen LogP contribution in [0.25, 0.3) is 0 Å². The van der Waals surface area contributed by atoms with Crippen molar-refractivity contribution in [2.75, 3.05) is 0 Å². The molecule has 0 bridgehead atoms. The molecule has 1 N–H and O–H groups in total. The molecule has 0 aromatic heterocycles. The van der Waals surface area contributed by atoms with Gasteiger partial charge in [0.15, 0.2) is 5.94 Å². The number of allylic oxidation sites excluding steroid dienone is 4. The van der Waals surface area contributed by atoms with Gasteiger partial charge in [-0.25, -0.2) is 4.79 Å². The molecule has 0 aromatic carbocycles. The molecule has 0 fully saturated rings. The monoisotopic (exact) mass is 252 g/mol. The summed E-state index contributed by atoms with van der Waals surface area (Å²) in [5.41, 5.74) is 2.28. The van der Waals surface area contributed by atoms with Crippen LogP contribution in [-0.4, -0.2) is 5.94 Å². The Kier molecular flexibility index (Phi) is 3.29. The van der Waals surface area contributed by atoms with Crippen molar-refractivity contribution >= 4 is 21.9 Å². The molecule has 1 rings (SSSR count). The van der Waals surface area contributed by atoms with Crippen LogP contribution in [0.3, 0.4) is 0 Å². The highest BCUT2D eigenvalue weighted by molar-refractivity contribution is 9.12. The minimum Gasteiger partial charge on any atom is -0.348 e. The standard InChI is InChI=1S/C10H9BrN2O/c1-3-7-8(4-12)9(5-14)13-6(2)10(7)11/h13H,3H2,1-2H3. The van der Waals surface area contributed by atoms with Gasteiger partial charge < -0.3 is 5.32 Å². The molecule has 0 saturated carbocycles. The predicted octanol–water partition coefficient (Wildman–Crippen LogP) is 2.16. The van der Waals surface area contributed by atoms with Gasteiger partial charge in [-0.1, -0.05) is 6.92 Å². The number of nitriles is 1. The normalized spacial score (nSPS) is 16.3. The van der Waals surface area contributed by atoms with Gasteiger partial charge in [-0.2, -0.15) is 5.26 Å². The molecule has 1 aliphatic heterocycles. The summed E-state index contributed by atoms with van der Waals surface area (Å²) in [6.45, 7) is 3.78. The Balaban J connectivity index is 3.43. The first kappa shape index (κ1) is 10.8. The molecule has 1 heterocycles. The average Bonchev–Trinajstić information content (AvgIpc) is 2.20. The summed E-state index contributed by atoms with van der Waals surface area (Å²) in [5, 5.41) is 11.7. The molecule has 0 spiro atoms. The average molecular weight is 253 g/mol. The van der Waals surface area contributed by atoms with Gasteiger partial charge in [-0.3, -0.25) is 0 Å². The Labute approximate surface area is 90.9 Å². The first-order valence-corrected chi connectivity index (χ1v) is 4.97. The molecular formula is C10H9BrN2O. The Bertz CT molecular complexity index is 420. The summed E-state index contributed by atoms with van der Waals surface area (Å²) in [4.78, 5) is 10.6. The number of nitrogens with one attached hydrogen (secondary N) is 1. The topological polar surface area (TPSA) is 52.9 Å². The quantitative estimate of drug-likeness (QED) is 0.728. The summed E-state index contributed by atoms with van der Waals surface area (Å²) in [6, 6.07) is 2.01. The zero-order valence-corrected chi connectivity index (χ0v) is 9.53. The van der Waals surface area contributed by atoms with E-state index in [1.165, 1.54) is 0 Å². The fourth-order valence-corrected chi connectivity index (χ4v) is 1.90. The third-order valence-corrected chi connectivity index (χ3v) is 3.10. The van der Waals surface area contributed by atoms with Gasteiger partial charge >= 0.3 is 0 Å². The van der Waals surface area contributed by atoms with Crippen LogP contribution >= 0.6 is 15.9 Å². The van der Waals surface area contributed by atoms with E-state index in [9.17, 15) is 4.79 Å². The molecule has 72 valence electrons. The van der Waals surface area contributed by atoms with E-state index in [0.717, 1.165) is 15.8 Å². The number of hydrogen-bond acceptors (Lipinski definition) is 3. The maximum absolute atomic E-state index is 10.6. The number of halogens is 1. The highest BCUT2D eigenvalue weighted by Gasteiger charge is 2.21. The van der Waals surface area contributed by atoms with Crippen LogP contribution in [0.1, 0.15) is 20.3 Å². The summed E-state index contributed by atoms with van der Waals surface area (Å²) in [5.74, 6) is 1.74. The number of nitrogens with zero attached hydrogens (tertiary/aromatic N) is 1. The Morgan fingerprint density at radius 2 is 2.21 bits per heavy atom. The van der Waals surface area contributed by atoms with E-state index in [-0.39, 0.29) is 5.70 Å². The molecule has 0 unspecified atom stereocenters. The highest BCUT2D eigenvalue weighted by Crippen LogP contribution is 2.32. The van der Waals surface area contributed by atoms with Crippen LogP contribution in [-0.2, 0) is 4.79 Å². The third kappa shape index (κ3) is 1.65.